The molecule has 0 aliphatic carbocycles. The summed E-state index contributed by atoms with van der Waals surface area (Å²) < 4.78 is 0. The van der Waals surface area contributed by atoms with Gasteiger partial charge < -0.3 is 10.2 Å². The maximum atomic E-state index is 6.29. The van der Waals surface area contributed by atoms with Gasteiger partial charge in [0.05, 0.1) is 10.0 Å². The summed E-state index contributed by atoms with van der Waals surface area (Å²) in [6.07, 6.45) is 3.50. The Morgan fingerprint density at radius 1 is 1.04 bits per heavy atom. The molecule has 1 saturated heterocycles. The van der Waals surface area contributed by atoms with Crippen LogP contribution >= 0.6 is 23.2 Å². The predicted octanol–water partition coefficient (Wildman–Crippen LogP) is 6.85. The van der Waals surface area contributed by atoms with E-state index in [1.807, 2.05) is 18.2 Å². The number of likely N-dealkylation sites (tertiary alicyclic amines) is 1. The first-order valence-electron chi connectivity index (χ1n) is 10.4. The molecule has 1 aliphatic heterocycles. The van der Waals surface area contributed by atoms with Crippen molar-refractivity contribution in [1.82, 2.24) is 4.90 Å². The molecular formula is C24H32Cl2N2. The Balaban J connectivity index is 2.02. The van der Waals surface area contributed by atoms with Crippen LogP contribution in [0.25, 0.3) is 0 Å². The molecule has 2 aromatic rings. The minimum absolute atomic E-state index is 0.116. The van der Waals surface area contributed by atoms with Gasteiger partial charge >= 0.3 is 0 Å². The maximum absolute atomic E-state index is 6.29. The number of aryl methyl sites for hydroxylation is 2. The van der Waals surface area contributed by atoms with E-state index in [9.17, 15) is 0 Å². The van der Waals surface area contributed by atoms with Gasteiger partial charge in [0.25, 0.3) is 0 Å². The smallest absolute Gasteiger partial charge is 0.0612 e. The Morgan fingerprint density at radius 2 is 1.82 bits per heavy atom. The van der Waals surface area contributed by atoms with E-state index >= 15 is 0 Å². The topological polar surface area (TPSA) is 15.3 Å². The van der Waals surface area contributed by atoms with Gasteiger partial charge in [-0.25, -0.2) is 0 Å². The predicted molar refractivity (Wildman–Crippen MR) is 123 cm³/mol. The molecule has 2 atom stereocenters. The van der Waals surface area contributed by atoms with E-state index in [1.54, 1.807) is 0 Å². The number of hydrogen-bond donors (Lipinski definition) is 1. The highest BCUT2D eigenvalue weighted by molar-refractivity contribution is 6.42. The number of piperidine rings is 1. The van der Waals surface area contributed by atoms with Crippen molar-refractivity contribution in [2.75, 3.05) is 25.0 Å². The lowest BCUT2D eigenvalue weighted by Gasteiger charge is -2.49. The molecule has 152 valence electrons. The van der Waals surface area contributed by atoms with E-state index in [0.29, 0.717) is 16.1 Å². The largest absolute Gasteiger partial charge is 0.380 e. The normalized spacial score (nSPS) is 23.0. The van der Waals surface area contributed by atoms with Crippen molar-refractivity contribution >= 4 is 28.9 Å². The molecule has 0 amide bonds. The average molecular weight is 419 g/mol. The standard InChI is InChI=1S/C24H32Cl2N2/c1-5-11-24(19-8-7-17(3)18(4)14-19)12-13-28(6-2)16-23(24)27-20-9-10-21(25)22(26)15-20/h7-10,14-15,23,27H,5-6,11-13,16H2,1-4H3. The first-order chi connectivity index (χ1) is 13.4. The lowest BCUT2D eigenvalue weighted by atomic mass is 9.66. The fourth-order valence-electron chi connectivity index (χ4n) is 4.60. The molecule has 2 aromatic carbocycles. The number of anilines is 1. The van der Waals surface area contributed by atoms with Gasteiger partial charge in [0.15, 0.2) is 0 Å². The monoisotopic (exact) mass is 418 g/mol. The molecule has 3 rings (SSSR count). The summed E-state index contributed by atoms with van der Waals surface area (Å²) in [5.74, 6) is 0. The number of hydrogen-bond acceptors (Lipinski definition) is 2. The van der Waals surface area contributed by atoms with Crippen molar-refractivity contribution in [3.63, 3.8) is 0 Å². The number of rotatable bonds is 6. The summed E-state index contributed by atoms with van der Waals surface area (Å²) in [6.45, 7) is 12.2. The van der Waals surface area contributed by atoms with Crippen LogP contribution in [0.15, 0.2) is 36.4 Å². The van der Waals surface area contributed by atoms with Crippen LogP contribution in [0.2, 0.25) is 10.0 Å². The first-order valence-corrected chi connectivity index (χ1v) is 11.2. The molecule has 28 heavy (non-hydrogen) atoms. The third-order valence-corrected chi connectivity index (χ3v) is 7.21. The third-order valence-electron chi connectivity index (χ3n) is 6.47. The van der Waals surface area contributed by atoms with E-state index < -0.39 is 0 Å². The van der Waals surface area contributed by atoms with Crippen LogP contribution in [0.4, 0.5) is 5.69 Å². The molecule has 1 fully saturated rings. The number of nitrogens with one attached hydrogen (secondary N) is 1. The van der Waals surface area contributed by atoms with Gasteiger partial charge in [0.2, 0.25) is 0 Å². The lowest BCUT2D eigenvalue weighted by Crippen LogP contribution is -2.56. The SMILES string of the molecule is CCCC1(c2ccc(C)c(C)c2)CCN(CC)CC1Nc1ccc(Cl)c(Cl)c1. The third kappa shape index (κ3) is 4.35. The number of likely N-dealkylation sites (N-methyl/N-ethyl adjacent to an activating group) is 1. The van der Waals surface area contributed by atoms with Crippen LogP contribution in [0.3, 0.4) is 0 Å². The zero-order valence-electron chi connectivity index (χ0n) is 17.5. The Kier molecular flexibility index (Phi) is 6.96. The fourth-order valence-corrected chi connectivity index (χ4v) is 4.90. The molecule has 0 aromatic heterocycles. The van der Waals surface area contributed by atoms with Crippen molar-refractivity contribution in [2.24, 2.45) is 0 Å². The summed E-state index contributed by atoms with van der Waals surface area (Å²) in [5, 5.41) is 5.03. The second-order valence-corrected chi connectivity index (χ2v) is 8.99. The Labute approximate surface area is 180 Å². The maximum Gasteiger partial charge on any atom is 0.0612 e. The summed E-state index contributed by atoms with van der Waals surface area (Å²) in [4.78, 5) is 2.55. The van der Waals surface area contributed by atoms with Crippen LogP contribution in [0.5, 0.6) is 0 Å². The molecule has 1 heterocycles. The molecule has 1 N–H and O–H groups in total. The second kappa shape index (κ2) is 9.07. The zero-order valence-corrected chi connectivity index (χ0v) is 19.0. The minimum atomic E-state index is 0.116. The highest BCUT2D eigenvalue weighted by Crippen LogP contribution is 2.42. The van der Waals surface area contributed by atoms with Crippen molar-refractivity contribution in [3.05, 3.63) is 63.1 Å². The first kappa shape index (κ1) is 21.5. The van der Waals surface area contributed by atoms with Crippen LogP contribution in [0, 0.1) is 13.8 Å². The van der Waals surface area contributed by atoms with E-state index in [4.69, 9.17) is 23.2 Å². The zero-order chi connectivity index (χ0) is 20.3. The van der Waals surface area contributed by atoms with E-state index in [-0.39, 0.29) is 5.41 Å². The minimum Gasteiger partial charge on any atom is -0.380 e. The summed E-state index contributed by atoms with van der Waals surface area (Å²) >= 11 is 12.4. The Hall–Kier alpha value is -1.22. The van der Waals surface area contributed by atoms with Gasteiger partial charge in [-0.2, -0.15) is 0 Å². The summed E-state index contributed by atoms with van der Waals surface area (Å²) in [5.41, 5.74) is 5.35. The van der Waals surface area contributed by atoms with Gasteiger partial charge in [-0.05, 0) is 74.7 Å². The van der Waals surface area contributed by atoms with Gasteiger partial charge in [-0.3, -0.25) is 0 Å². The molecule has 0 radical (unpaired) electrons. The quantitative estimate of drug-likeness (QED) is 0.551. The molecule has 4 heteroatoms. The van der Waals surface area contributed by atoms with Crippen molar-refractivity contribution < 1.29 is 0 Å². The number of halogens is 2. The van der Waals surface area contributed by atoms with E-state index in [1.165, 1.54) is 29.5 Å². The van der Waals surface area contributed by atoms with Gasteiger partial charge in [0.1, 0.15) is 0 Å². The van der Waals surface area contributed by atoms with Crippen LogP contribution in [-0.2, 0) is 5.41 Å². The highest BCUT2D eigenvalue weighted by atomic mass is 35.5. The van der Waals surface area contributed by atoms with Crippen molar-refractivity contribution in [1.29, 1.82) is 0 Å². The van der Waals surface area contributed by atoms with Gasteiger partial charge in [0, 0.05) is 23.7 Å². The summed E-state index contributed by atoms with van der Waals surface area (Å²) in [6, 6.07) is 13.2. The second-order valence-electron chi connectivity index (χ2n) is 8.17. The lowest BCUT2D eigenvalue weighted by molar-refractivity contribution is 0.140. The molecule has 2 nitrogen and oxygen atoms in total. The van der Waals surface area contributed by atoms with Gasteiger partial charge in [-0.15, -0.1) is 0 Å². The Bertz CT molecular complexity index is 820. The van der Waals surface area contributed by atoms with Crippen molar-refractivity contribution in [3.8, 4) is 0 Å². The highest BCUT2D eigenvalue weighted by Gasteiger charge is 2.43. The van der Waals surface area contributed by atoms with Crippen LogP contribution < -0.4 is 5.32 Å². The fraction of sp³-hybridized carbons (Fsp3) is 0.500. The van der Waals surface area contributed by atoms with Crippen LogP contribution in [0.1, 0.15) is 49.8 Å². The van der Waals surface area contributed by atoms with Gasteiger partial charge in [-0.1, -0.05) is 61.7 Å². The molecular weight excluding hydrogens is 387 g/mol. The molecule has 1 aliphatic rings. The summed E-state index contributed by atoms with van der Waals surface area (Å²) in [7, 11) is 0. The molecule has 0 saturated carbocycles. The molecule has 2 unspecified atom stereocenters. The number of benzene rings is 2. The average Bonchev–Trinajstić information content (AvgIpc) is 2.68. The Morgan fingerprint density at radius 3 is 2.46 bits per heavy atom. The van der Waals surface area contributed by atoms with E-state index in [2.05, 4.69) is 56.1 Å². The van der Waals surface area contributed by atoms with Crippen molar-refractivity contribution in [2.45, 2.75) is 58.4 Å². The molecule has 0 bridgehead atoms. The number of nitrogens with zero attached hydrogens (tertiary/aromatic N) is 1. The molecule has 0 spiro atoms. The van der Waals surface area contributed by atoms with Crippen LogP contribution in [-0.4, -0.2) is 30.6 Å². The van der Waals surface area contributed by atoms with E-state index in [0.717, 1.165) is 31.7 Å².